The molecule has 0 aliphatic heterocycles. The second kappa shape index (κ2) is 6.17. The molecule has 0 atom stereocenters. The Hall–Kier alpha value is -1.39. The predicted molar refractivity (Wildman–Crippen MR) is 81.2 cm³/mol. The molecular formula is C15H20N2OS. The van der Waals surface area contributed by atoms with Gasteiger partial charge in [0.15, 0.2) is 5.13 Å². The van der Waals surface area contributed by atoms with Gasteiger partial charge in [-0.05, 0) is 25.0 Å². The largest absolute Gasteiger partial charge is 0.391 e. The van der Waals surface area contributed by atoms with Gasteiger partial charge in [0.2, 0.25) is 0 Å². The number of aliphatic hydroxyl groups is 1. The van der Waals surface area contributed by atoms with Gasteiger partial charge in [-0.15, -0.1) is 0 Å². The van der Waals surface area contributed by atoms with Crippen molar-refractivity contribution in [1.29, 1.82) is 0 Å². The Morgan fingerprint density at radius 3 is 2.42 bits per heavy atom. The summed E-state index contributed by atoms with van der Waals surface area (Å²) in [4.78, 5) is 7.86. The summed E-state index contributed by atoms with van der Waals surface area (Å²) in [6.07, 6.45) is 0. The summed E-state index contributed by atoms with van der Waals surface area (Å²) in [5.41, 5.74) is 2.15. The molecule has 102 valence electrons. The van der Waals surface area contributed by atoms with Crippen molar-refractivity contribution < 1.29 is 5.11 Å². The number of rotatable bonds is 5. The Balaban J connectivity index is 2.39. The Morgan fingerprint density at radius 2 is 1.95 bits per heavy atom. The van der Waals surface area contributed by atoms with E-state index < -0.39 is 0 Å². The van der Waals surface area contributed by atoms with Gasteiger partial charge in [0.1, 0.15) is 0 Å². The first-order valence-corrected chi connectivity index (χ1v) is 7.42. The number of aliphatic hydroxyl groups excluding tert-OH is 1. The van der Waals surface area contributed by atoms with Gasteiger partial charge < -0.3 is 10.0 Å². The SMILES string of the molecule is CCN(c1ccccc1)c1nc(C(C)C)c(CO)s1. The fourth-order valence-corrected chi connectivity index (χ4v) is 3.23. The molecule has 0 amide bonds. The molecule has 0 aliphatic carbocycles. The Morgan fingerprint density at radius 1 is 1.26 bits per heavy atom. The van der Waals surface area contributed by atoms with Crippen LogP contribution in [0.2, 0.25) is 0 Å². The lowest BCUT2D eigenvalue weighted by Crippen LogP contribution is -2.15. The second-order valence-corrected chi connectivity index (χ2v) is 5.76. The van der Waals surface area contributed by atoms with E-state index in [1.165, 1.54) is 0 Å². The summed E-state index contributed by atoms with van der Waals surface area (Å²) < 4.78 is 0. The monoisotopic (exact) mass is 276 g/mol. The zero-order valence-electron chi connectivity index (χ0n) is 11.6. The van der Waals surface area contributed by atoms with E-state index in [1.807, 2.05) is 18.2 Å². The summed E-state index contributed by atoms with van der Waals surface area (Å²) in [7, 11) is 0. The maximum absolute atomic E-state index is 9.46. The third-order valence-corrected chi connectivity index (χ3v) is 4.10. The van der Waals surface area contributed by atoms with Crippen LogP contribution in [0.4, 0.5) is 10.8 Å². The molecule has 0 fully saturated rings. The van der Waals surface area contributed by atoms with Crippen LogP contribution in [0, 0.1) is 0 Å². The number of benzene rings is 1. The number of anilines is 2. The van der Waals surface area contributed by atoms with E-state index in [2.05, 4.69) is 37.8 Å². The van der Waals surface area contributed by atoms with Gasteiger partial charge in [0.05, 0.1) is 17.2 Å². The topological polar surface area (TPSA) is 36.4 Å². The van der Waals surface area contributed by atoms with Gasteiger partial charge in [-0.1, -0.05) is 43.4 Å². The molecule has 0 spiro atoms. The molecule has 1 aromatic heterocycles. The number of thiazole rings is 1. The Labute approximate surface area is 118 Å². The predicted octanol–water partition coefficient (Wildman–Crippen LogP) is 3.92. The number of para-hydroxylation sites is 1. The molecule has 1 heterocycles. The number of nitrogens with zero attached hydrogens (tertiary/aromatic N) is 2. The molecule has 1 N–H and O–H groups in total. The molecular weight excluding hydrogens is 256 g/mol. The summed E-state index contributed by atoms with van der Waals surface area (Å²) in [6.45, 7) is 7.26. The summed E-state index contributed by atoms with van der Waals surface area (Å²) in [5, 5.41) is 10.4. The molecule has 2 aromatic rings. The lowest BCUT2D eigenvalue weighted by atomic mass is 10.1. The van der Waals surface area contributed by atoms with Gasteiger partial charge in [-0.25, -0.2) is 4.98 Å². The highest BCUT2D eigenvalue weighted by atomic mass is 32.1. The van der Waals surface area contributed by atoms with E-state index in [4.69, 9.17) is 4.98 Å². The maximum Gasteiger partial charge on any atom is 0.190 e. The van der Waals surface area contributed by atoms with E-state index in [0.717, 1.165) is 27.9 Å². The Kier molecular flexibility index (Phi) is 4.56. The van der Waals surface area contributed by atoms with E-state index in [9.17, 15) is 5.11 Å². The highest BCUT2D eigenvalue weighted by Gasteiger charge is 2.17. The van der Waals surface area contributed by atoms with Crippen LogP contribution in [0.15, 0.2) is 30.3 Å². The number of aromatic nitrogens is 1. The van der Waals surface area contributed by atoms with E-state index in [0.29, 0.717) is 5.92 Å². The van der Waals surface area contributed by atoms with Crippen LogP contribution in [-0.2, 0) is 6.61 Å². The third-order valence-electron chi connectivity index (χ3n) is 3.02. The molecule has 19 heavy (non-hydrogen) atoms. The van der Waals surface area contributed by atoms with E-state index >= 15 is 0 Å². The quantitative estimate of drug-likeness (QED) is 0.899. The standard InChI is InChI=1S/C15H20N2OS/c1-4-17(12-8-6-5-7-9-12)15-16-14(11(2)3)13(10-18)19-15/h5-9,11,18H,4,10H2,1-3H3. The molecule has 0 aliphatic rings. The zero-order valence-corrected chi connectivity index (χ0v) is 12.4. The van der Waals surface area contributed by atoms with Crippen molar-refractivity contribution in [1.82, 2.24) is 4.98 Å². The van der Waals surface area contributed by atoms with Gasteiger partial charge >= 0.3 is 0 Å². The van der Waals surface area contributed by atoms with E-state index in [1.54, 1.807) is 11.3 Å². The minimum Gasteiger partial charge on any atom is -0.391 e. The average Bonchev–Trinajstić information content (AvgIpc) is 2.85. The molecule has 0 radical (unpaired) electrons. The van der Waals surface area contributed by atoms with Crippen LogP contribution in [0.25, 0.3) is 0 Å². The van der Waals surface area contributed by atoms with Gasteiger partial charge in [-0.2, -0.15) is 0 Å². The maximum atomic E-state index is 9.46. The first kappa shape index (κ1) is 14.0. The van der Waals surface area contributed by atoms with Crippen molar-refractivity contribution in [2.45, 2.75) is 33.3 Å². The summed E-state index contributed by atoms with van der Waals surface area (Å²) in [5.74, 6) is 0.335. The van der Waals surface area contributed by atoms with E-state index in [-0.39, 0.29) is 6.61 Å². The average molecular weight is 276 g/mol. The molecule has 4 heteroatoms. The van der Waals surface area contributed by atoms with Crippen LogP contribution >= 0.6 is 11.3 Å². The lowest BCUT2D eigenvalue weighted by molar-refractivity contribution is 0.283. The highest BCUT2D eigenvalue weighted by Crippen LogP contribution is 2.34. The number of hydrogen-bond donors (Lipinski definition) is 1. The molecule has 1 aromatic carbocycles. The summed E-state index contributed by atoms with van der Waals surface area (Å²) in [6, 6.07) is 10.2. The van der Waals surface area contributed by atoms with Gasteiger partial charge in [-0.3, -0.25) is 0 Å². The zero-order chi connectivity index (χ0) is 13.8. The third kappa shape index (κ3) is 2.96. The highest BCUT2D eigenvalue weighted by molar-refractivity contribution is 7.15. The molecule has 0 saturated heterocycles. The van der Waals surface area contributed by atoms with Crippen molar-refractivity contribution in [3.8, 4) is 0 Å². The number of hydrogen-bond acceptors (Lipinski definition) is 4. The van der Waals surface area contributed by atoms with Crippen molar-refractivity contribution in [3.63, 3.8) is 0 Å². The van der Waals surface area contributed by atoms with Crippen LogP contribution in [0.3, 0.4) is 0 Å². The van der Waals surface area contributed by atoms with Crippen LogP contribution in [-0.4, -0.2) is 16.6 Å². The van der Waals surface area contributed by atoms with Gasteiger partial charge in [0, 0.05) is 12.2 Å². The van der Waals surface area contributed by atoms with Crippen molar-refractivity contribution in [3.05, 3.63) is 40.9 Å². The molecule has 0 bridgehead atoms. The normalized spacial score (nSPS) is 11.0. The van der Waals surface area contributed by atoms with Crippen molar-refractivity contribution >= 4 is 22.2 Å². The minimum absolute atomic E-state index is 0.0670. The van der Waals surface area contributed by atoms with Crippen molar-refractivity contribution in [2.24, 2.45) is 0 Å². The summed E-state index contributed by atoms with van der Waals surface area (Å²) >= 11 is 1.58. The molecule has 3 nitrogen and oxygen atoms in total. The van der Waals surface area contributed by atoms with Crippen LogP contribution < -0.4 is 4.90 Å². The van der Waals surface area contributed by atoms with Crippen molar-refractivity contribution in [2.75, 3.05) is 11.4 Å². The second-order valence-electron chi connectivity index (χ2n) is 4.70. The lowest BCUT2D eigenvalue weighted by Gasteiger charge is -2.19. The van der Waals surface area contributed by atoms with Crippen LogP contribution in [0.5, 0.6) is 0 Å². The fourth-order valence-electron chi connectivity index (χ4n) is 2.07. The minimum atomic E-state index is 0.0670. The Bertz CT molecular complexity index is 522. The smallest absolute Gasteiger partial charge is 0.190 e. The fraction of sp³-hybridized carbons (Fsp3) is 0.400. The molecule has 2 rings (SSSR count). The van der Waals surface area contributed by atoms with Crippen LogP contribution in [0.1, 0.15) is 37.3 Å². The van der Waals surface area contributed by atoms with Gasteiger partial charge in [0.25, 0.3) is 0 Å². The molecule has 0 unspecified atom stereocenters. The first-order chi connectivity index (χ1) is 9.17. The molecule has 0 saturated carbocycles. The first-order valence-electron chi connectivity index (χ1n) is 6.60.